The van der Waals surface area contributed by atoms with E-state index in [2.05, 4.69) is 76.6 Å². The van der Waals surface area contributed by atoms with Crippen molar-refractivity contribution in [3.63, 3.8) is 0 Å². The normalized spacial score (nSPS) is 15.8. The lowest BCUT2D eigenvalue weighted by Gasteiger charge is -2.24. The van der Waals surface area contributed by atoms with E-state index < -0.39 is 0 Å². The molecule has 1 aliphatic carbocycles. The van der Waals surface area contributed by atoms with Crippen LogP contribution in [0.4, 0.5) is 0 Å². The first-order valence-corrected chi connectivity index (χ1v) is 11.8. The van der Waals surface area contributed by atoms with Gasteiger partial charge in [-0.15, -0.1) is 0 Å². The Morgan fingerprint density at radius 3 is 2.47 bits per heavy atom. The number of rotatable bonds is 4. The van der Waals surface area contributed by atoms with E-state index in [4.69, 9.17) is 1.37 Å². The molecular formula is C29H38N+. The fourth-order valence-corrected chi connectivity index (χ4v) is 5.26. The summed E-state index contributed by atoms with van der Waals surface area (Å²) < 4.78 is 11.1. The number of fused-ring (bicyclic) bond motifs is 1. The predicted octanol–water partition coefficient (Wildman–Crippen LogP) is 7.50. The van der Waals surface area contributed by atoms with Crippen molar-refractivity contribution in [2.75, 3.05) is 0 Å². The zero-order valence-corrected chi connectivity index (χ0v) is 19.7. The Kier molecular flexibility index (Phi) is 5.63. The van der Waals surface area contributed by atoms with E-state index in [1.807, 2.05) is 0 Å². The molecular weight excluding hydrogens is 362 g/mol. The maximum absolute atomic E-state index is 8.85. The SMILES string of the molecule is [2H]c1c(C)[n+](C)c(-c2cc(C3CCCCC3)cc(C)c2C)c2ccc(CC(C)C)cc12. The van der Waals surface area contributed by atoms with Gasteiger partial charge in [-0.1, -0.05) is 51.3 Å². The minimum Gasteiger partial charge on any atom is -0.198 e. The number of nitrogens with zero attached hydrogens (tertiary/aromatic N) is 1. The molecule has 3 aromatic rings. The molecule has 0 bridgehead atoms. The fourth-order valence-electron chi connectivity index (χ4n) is 5.26. The molecule has 1 aliphatic rings. The molecule has 0 amide bonds. The molecule has 1 heteroatoms. The van der Waals surface area contributed by atoms with Crippen molar-refractivity contribution in [3.8, 4) is 11.3 Å². The maximum Gasteiger partial charge on any atom is 0.220 e. The molecule has 2 aromatic carbocycles. The van der Waals surface area contributed by atoms with Crippen LogP contribution in [-0.4, -0.2) is 0 Å². The van der Waals surface area contributed by atoms with Crippen LogP contribution in [0.3, 0.4) is 0 Å². The summed E-state index contributed by atoms with van der Waals surface area (Å²) >= 11 is 0. The van der Waals surface area contributed by atoms with E-state index in [0.29, 0.717) is 17.9 Å². The van der Waals surface area contributed by atoms with Crippen LogP contribution in [0.2, 0.25) is 0 Å². The van der Waals surface area contributed by atoms with Crippen molar-refractivity contribution < 1.29 is 5.94 Å². The van der Waals surface area contributed by atoms with Crippen molar-refractivity contribution in [2.24, 2.45) is 13.0 Å². The molecule has 0 saturated heterocycles. The summed E-state index contributed by atoms with van der Waals surface area (Å²) in [6, 6.07) is 12.4. The van der Waals surface area contributed by atoms with Crippen LogP contribution >= 0.6 is 0 Å². The summed E-state index contributed by atoms with van der Waals surface area (Å²) in [5.41, 5.74) is 9.22. The summed E-state index contributed by atoms with van der Waals surface area (Å²) in [7, 11) is 2.13. The molecule has 0 radical (unpaired) electrons. The number of benzene rings is 2. The molecule has 0 unspecified atom stereocenters. The molecule has 1 heterocycles. The van der Waals surface area contributed by atoms with E-state index >= 15 is 0 Å². The lowest BCUT2D eigenvalue weighted by molar-refractivity contribution is -0.665. The Labute approximate surface area is 184 Å². The standard InChI is InChI=1S/C29H38N/c1-19(2)14-23-12-13-27-26(17-23)16-21(4)30(6)29(27)28-18-25(15-20(3)22(28)5)24-10-8-7-9-11-24/h12-13,15-19,24H,7-11,14H2,1-6H3/q+1/i16D. The zero-order chi connectivity index (χ0) is 22.3. The van der Waals surface area contributed by atoms with Gasteiger partial charge in [-0.3, -0.25) is 0 Å². The highest BCUT2D eigenvalue weighted by molar-refractivity contribution is 5.94. The molecule has 1 saturated carbocycles. The van der Waals surface area contributed by atoms with Crippen molar-refractivity contribution in [2.45, 2.75) is 79.1 Å². The second-order valence-electron chi connectivity index (χ2n) is 9.94. The van der Waals surface area contributed by atoms with Crippen molar-refractivity contribution in [1.82, 2.24) is 0 Å². The first-order chi connectivity index (χ1) is 14.8. The second kappa shape index (κ2) is 8.53. The van der Waals surface area contributed by atoms with Crippen molar-refractivity contribution in [1.29, 1.82) is 0 Å². The third-order valence-electron chi connectivity index (χ3n) is 7.16. The minimum atomic E-state index is 0.615. The molecule has 0 atom stereocenters. The van der Waals surface area contributed by atoms with E-state index in [0.717, 1.165) is 17.5 Å². The van der Waals surface area contributed by atoms with Crippen LogP contribution < -0.4 is 4.57 Å². The van der Waals surface area contributed by atoms with Gasteiger partial charge in [-0.2, -0.15) is 4.57 Å². The molecule has 30 heavy (non-hydrogen) atoms. The smallest absolute Gasteiger partial charge is 0.198 e. The van der Waals surface area contributed by atoms with E-state index in [-0.39, 0.29) is 0 Å². The highest BCUT2D eigenvalue weighted by atomic mass is 14.9. The van der Waals surface area contributed by atoms with Gasteiger partial charge in [0.1, 0.15) is 7.05 Å². The van der Waals surface area contributed by atoms with Gasteiger partial charge in [0.2, 0.25) is 5.69 Å². The lowest BCUT2D eigenvalue weighted by Crippen LogP contribution is -2.35. The fraction of sp³-hybridized carbons (Fsp3) is 0.483. The van der Waals surface area contributed by atoms with Gasteiger partial charge >= 0.3 is 0 Å². The predicted molar refractivity (Wildman–Crippen MR) is 129 cm³/mol. The monoisotopic (exact) mass is 401 g/mol. The number of aromatic nitrogens is 1. The van der Waals surface area contributed by atoms with Gasteiger partial charge in [-0.25, -0.2) is 0 Å². The molecule has 158 valence electrons. The zero-order valence-electron chi connectivity index (χ0n) is 20.7. The van der Waals surface area contributed by atoms with Crippen LogP contribution in [-0.2, 0) is 13.5 Å². The Morgan fingerprint density at radius 1 is 1.03 bits per heavy atom. The first kappa shape index (κ1) is 19.8. The third-order valence-corrected chi connectivity index (χ3v) is 7.16. The van der Waals surface area contributed by atoms with Gasteiger partial charge in [0.15, 0.2) is 5.69 Å². The first-order valence-electron chi connectivity index (χ1n) is 12.3. The topological polar surface area (TPSA) is 3.88 Å². The number of hydrogen-bond donors (Lipinski definition) is 0. The highest BCUT2D eigenvalue weighted by Gasteiger charge is 2.23. The van der Waals surface area contributed by atoms with Crippen molar-refractivity contribution in [3.05, 3.63) is 64.3 Å². The average molecular weight is 402 g/mol. The quantitative estimate of drug-likeness (QED) is 0.398. The largest absolute Gasteiger partial charge is 0.220 e. The van der Waals surface area contributed by atoms with Gasteiger partial charge in [0.05, 0.1) is 12.3 Å². The van der Waals surface area contributed by atoms with Crippen LogP contribution in [0.15, 0.2) is 36.4 Å². The molecule has 0 spiro atoms. The average Bonchev–Trinajstić information content (AvgIpc) is 2.75. The Morgan fingerprint density at radius 2 is 1.77 bits per heavy atom. The summed E-state index contributed by atoms with van der Waals surface area (Å²) in [5, 5.41) is 2.29. The van der Waals surface area contributed by atoms with Crippen LogP contribution in [0.25, 0.3) is 22.0 Å². The molecule has 4 rings (SSSR count). The van der Waals surface area contributed by atoms with E-state index in [1.165, 1.54) is 71.0 Å². The molecule has 0 aliphatic heterocycles. The second-order valence-corrected chi connectivity index (χ2v) is 9.94. The Bertz CT molecular complexity index is 1120. The molecule has 1 fully saturated rings. The van der Waals surface area contributed by atoms with Gasteiger partial charge in [0.25, 0.3) is 0 Å². The Balaban J connectivity index is 1.96. The van der Waals surface area contributed by atoms with Gasteiger partial charge in [0, 0.05) is 13.0 Å². The lowest BCUT2D eigenvalue weighted by atomic mass is 9.81. The summed E-state index contributed by atoms with van der Waals surface area (Å²) in [6.07, 6.45) is 7.79. The van der Waals surface area contributed by atoms with Crippen molar-refractivity contribution >= 4 is 10.8 Å². The maximum atomic E-state index is 8.85. The number of hydrogen-bond acceptors (Lipinski definition) is 0. The van der Waals surface area contributed by atoms with Gasteiger partial charge in [-0.05, 0) is 84.7 Å². The summed E-state index contributed by atoms with van der Waals surface area (Å²) in [6.45, 7) is 11.1. The summed E-state index contributed by atoms with van der Waals surface area (Å²) in [5.74, 6) is 1.31. The number of aryl methyl sites for hydroxylation is 1. The highest BCUT2D eigenvalue weighted by Crippen LogP contribution is 2.38. The number of pyridine rings is 1. The Hall–Kier alpha value is -2.15. The summed E-state index contributed by atoms with van der Waals surface area (Å²) in [4.78, 5) is 0. The van der Waals surface area contributed by atoms with Crippen LogP contribution in [0.1, 0.15) is 81.2 Å². The van der Waals surface area contributed by atoms with Crippen LogP contribution in [0, 0.1) is 26.7 Å². The molecule has 0 N–H and O–H groups in total. The van der Waals surface area contributed by atoms with Gasteiger partial charge < -0.3 is 0 Å². The molecule has 1 aromatic heterocycles. The van der Waals surface area contributed by atoms with E-state index in [1.54, 1.807) is 0 Å². The third kappa shape index (κ3) is 4.04. The minimum absolute atomic E-state index is 0.615. The van der Waals surface area contributed by atoms with E-state index in [9.17, 15) is 0 Å². The van der Waals surface area contributed by atoms with Crippen LogP contribution in [0.5, 0.6) is 0 Å². The molecule has 1 nitrogen and oxygen atoms in total.